The predicted molar refractivity (Wildman–Crippen MR) is 73.6 cm³/mol. The third-order valence-electron chi connectivity index (χ3n) is 3.13. The zero-order chi connectivity index (χ0) is 17.7. The van der Waals surface area contributed by atoms with E-state index in [1.807, 2.05) is 0 Å². The van der Waals surface area contributed by atoms with E-state index in [9.17, 15) is 30.7 Å². The van der Waals surface area contributed by atoms with Crippen LogP contribution in [0.5, 0.6) is 0 Å². The number of hydrogen-bond donors (Lipinski definition) is 1. The predicted octanol–water partition coefficient (Wildman–Crippen LogP) is 4.90. The molecule has 0 fully saturated rings. The van der Waals surface area contributed by atoms with Gasteiger partial charge in [0.15, 0.2) is 0 Å². The van der Waals surface area contributed by atoms with Crippen molar-refractivity contribution in [1.29, 1.82) is 0 Å². The molecule has 1 aromatic rings. The summed E-state index contributed by atoms with van der Waals surface area (Å²) < 4.78 is 86.6. The van der Waals surface area contributed by atoms with E-state index in [4.69, 9.17) is 5.73 Å². The molecule has 0 atom stereocenters. The highest BCUT2D eigenvalue weighted by Gasteiger charge is 2.28. The van der Waals surface area contributed by atoms with Crippen molar-refractivity contribution in [1.82, 2.24) is 0 Å². The van der Waals surface area contributed by atoms with Crippen molar-refractivity contribution in [3.8, 4) is 0 Å². The van der Waals surface area contributed by atoms with Gasteiger partial charge in [-0.05, 0) is 31.0 Å². The van der Waals surface area contributed by atoms with Crippen LogP contribution in [-0.4, -0.2) is 25.4 Å². The fraction of sp³-hybridized carbons (Fsp3) is 0.571. The average Bonchev–Trinajstić information content (AvgIpc) is 2.37. The molecule has 2 N–H and O–H groups in total. The molecule has 0 aliphatic heterocycles. The maximum absolute atomic E-state index is 13.5. The lowest BCUT2D eigenvalue weighted by molar-refractivity contribution is -0.135. The molecule has 0 heterocycles. The van der Waals surface area contributed by atoms with Gasteiger partial charge in [0.1, 0.15) is 5.82 Å². The van der Waals surface area contributed by atoms with Crippen LogP contribution >= 0.6 is 0 Å². The van der Waals surface area contributed by atoms with E-state index < -0.39 is 31.0 Å². The number of hydrogen-bond acceptors (Lipinski definition) is 2. The van der Waals surface area contributed by atoms with Gasteiger partial charge in [-0.25, -0.2) is 4.39 Å². The minimum absolute atomic E-state index is 0.124. The molecule has 0 saturated carbocycles. The second-order valence-corrected chi connectivity index (χ2v) is 5.13. The fourth-order valence-electron chi connectivity index (χ4n) is 2.02. The Balaban J connectivity index is 2.72. The zero-order valence-corrected chi connectivity index (χ0v) is 12.1. The molecular formula is C14H17F7N2. The van der Waals surface area contributed by atoms with Crippen LogP contribution in [0.1, 0.15) is 25.7 Å². The monoisotopic (exact) mass is 346 g/mol. The Morgan fingerprint density at radius 1 is 0.870 bits per heavy atom. The van der Waals surface area contributed by atoms with Crippen LogP contribution in [0, 0.1) is 5.82 Å². The summed E-state index contributed by atoms with van der Waals surface area (Å²) in [5.41, 5.74) is 5.38. The normalized spacial score (nSPS) is 12.5. The van der Waals surface area contributed by atoms with Gasteiger partial charge in [0.2, 0.25) is 0 Å². The van der Waals surface area contributed by atoms with Crippen molar-refractivity contribution in [2.24, 2.45) is 0 Å². The van der Waals surface area contributed by atoms with E-state index in [2.05, 4.69) is 0 Å². The van der Waals surface area contributed by atoms with Crippen molar-refractivity contribution in [3.63, 3.8) is 0 Å². The van der Waals surface area contributed by atoms with Gasteiger partial charge in [-0.2, -0.15) is 26.3 Å². The first kappa shape index (κ1) is 19.4. The third kappa shape index (κ3) is 7.94. The van der Waals surface area contributed by atoms with Crippen molar-refractivity contribution in [2.75, 3.05) is 23.7 Å². The van der Waals surface area contributed by atoms with Crippen LogP contribution in [0.2, 0.25) is 0 Å². The highest BCUT2D eigenvalue weighted by molar-refractivity contribution is 5.54. The first-order chi connectivity index (χ1) is 10.5. The molecular weight excluding hydrogens is 329 g/mol. The van der Waals surface area contributed by atoms with Gasteiger partial charge in [0, 0.05) is 31.6 Å². The Morgan fingerprint density at radius 3 is 1.74 bits per heavy atom. The van der Waals surface area contributed by atoms with E-state index in [1.54, 1.807) is 0 Å². The van der Waals surface area contributed by atoms with E-state index in [-0.39, 0.29) is 37.3 Å². The van der Waals surface area contributed by atoms with Gasteiger partial charge in [-0.15, -0.1) is 0 Å². The lowest BCUT2D eigenvalue weighted by Gasteiger charge is -2.25. The third-order valence-corrected chi connectivity index (χ3v) is 3.13. The molecule has 0 bridgehead atoms. The molecule has 1 aromatic carbocycles. The van der Waals surface area contributed by atoms with Gasteiger partial charge in [0.05, 0.1) is 5.69 Å². The highest BCUT2D eigenvalue weighted by Crippen LogP contribution is 2.26. The summed E-state index contributed by atoms with van der Waals surface area (Å²) in [7, 11) is 0. The van der Waals surface area contributed by atoms with Crippen LogP contribution in [0.25, 0.3) is 0 Å². The average molecular weight is 346 g/mol. The Hall–Kier alpha value is -1.67. The fourth-order valence-corrected chi connectivity index (χ4v) is 2.02. The molecule has 0 aromatic heterocycles. The Labute approximate surface area is 129 Å². The first-order valence-corrected chi connectivity index (χ1v) is 6.91. The van der Waals surface area contributed by atoms with Crippen molar-refractivity contribution < 1.29 is 30.7 Å². The molecule has 9 heteroatoms. The standard InChI is InChI=1S/C14H17F7N2/c15-11-9-10(3-4-12(11)22)23(7-1-5-13(16,17)18)8-2-6-14(19,20)21/h3-4,9H,1-2,5-8,22H2. The molecule has 23 heavy (non-hydrogen) atoms. The number of anilines is 2. The summed E-state index contributed by atoms with van der Waals surface area (Å²) in [4.78, 5) is 1.31. The molecule has 132 valence electrons. The number of nitrogen functional groups attached to an aromatic ring is 1. The molecule has 2 nitrogen and oxygen atoms in total. The lowest BCUT2D eigenvalue weighted by atomic mass is 10.2. The molecule has 0 amide bonds. The number of rotatable bonds is 7. The molecule has 1 rings (SSSR count). The smallest absolute Gasteiger partial charge is 0.389 e. The zero-order valence-electron chi connectivity index (χ0n) is 12.1. The van der Waals surface area contributed by atoms with Crippen LogP contribution in [0.3, 0.4) is 0 Å². The van der Waals surface area contributed by atoms with Gasteiger partial charge in [-0.3, -0.25) is 0 Å². The summed E-state index contributed by atoms with van der Waals surface area (Å²) in [6.45, 7) is -0.249. The summed E-state index contributed by atoms with van der Waals surface area (Å²) in [6, 6.07) is 3.61. The summed E-state index contributed by atoms with van der Waals surface area (Å²) >= 11 is 0. The lowest BCUT2D eigenvalue weighted by Crippen LogP contribution is -2.28. The Kier molecular flexibility index (Phi) is 6.52. The summed E-state index contributed by atoms with van der Waals surface area (Å²) in [5, 5.41) is 0. The molecule has 0 aliphatic rings. The van der Waals surface area contributed by atoms with Crippen molar-refractivity contribution in [2.45, 2.75) is 38.0 Å². The second kappa shape index (κ2) is 7.74. The van der Waals surface area contributed by atoms with Crippen LogP contribution in [0.15, 0.2) is 18.2 Å². The van der Waals surface area contributed by atoms with E-state index in [0.717, 1.165) is 6.07 Å². The SMILES string of the molecule is Nc1ccc(N(CCCC(F)(F)F)CCCC(F)(F)F)cc1F. The number of alkyl halides is 6. The first-order valence-electron chi connectivity index (χ1n) is 6.91. The Bertz CT molecular complexity index is 477. The highest BCUT2D eigenvalue weighted by atomic mass is 19.4. The van der Waals surface area contributed by atoms with Gasteiger partial charge >= 0.3 is 12.4 Å². The van der Waals surface area contributed by atoms with Crippen LogP contribution in [-0.2, 0) is 0 Å². The van der Waals surface area contributed by atoms with Gasteiger partial charge in [0.25, 0.3) is 0 Å². The van der Waals surface area contributed by atoms with Gasteiger partial charge < -0.3 is 10.6 Å². The molecule has 0 unspecified atom stereocenters. The topological polar surface area (TPSA) is 29.3 Å². The van der Waals surface area contributed by atoms with E-state index in [1.165, 1.54) is 17.0 Å². The molecule has 0 aliphatic carbocycles. The maximum Gasteiger partial charge on any atom is 0.389 e. The minimum Gasteiger partial charge on any atom is -0.396 e. The largest absolute Gasteiger partial charge is 0.396 e. The number of benzene rings is 1. The molecule has 0 radical (unpaired) electrons. The van der Waals surface area contributed by atoms with Crippen molar-refractivity contribution in [3.05, 3.63) is 24.0 Å². The summed E-state index contributed by atoms with van der Waals surface area (Å²) in [6.07, 6.45) is -11.4. The van der Waals surface area contributed by atoms with Crippen LogP contribution < -0.4 is 10.6 Å². The second-order valence-electron chi connectivity index (χ2n) is 5.13. The van der Waals surface area contributed by atoms with Gasteiger partial charge in [-0.1, -0.05) is 0 Å². The quantitative estimate of drug-likeness (QED) is 0.562. The molecule has 0 spiro atoms. The molecule has 0 saturated heterocycles. The van der Waals surface area contributed by atoms with Crippen LogP contribution in [0.4, 0.5) is 42.1 Å². The number of halogens is 7. The summed E-state index contributed by atoms with van der Waals surface area (Å²) in [5.74, 6) is -0.765. The minimum atomic E-state index is -4.34. The van der Waals surface area contributed by atoms with E-state index in [0.29, 0.717) is 0 Å². The number of nitrogens with zero attached hydrogens (tertiary/aromatic N) is 1. The van der Waals surface area contributed by atoms with Crippen molar-refractivity contribution >= 4 is 11.4 Å². The number of nitrogens with two attached hydrogens (primary N) is 1. The van der Waals surface area contributed by atoms with E-state index >= 15 is 0 Å². The Morgan fingerprint density at radius 2 is 1.35 bits per heavy atom. The maximum atomic E-state index is 13.5.